The highest BCUT2D eigenvalue weighted by molar-refractivity contribution is 14.1. The molecule has 0 fully saturated rings. The quantitative estimate of drug-likeness (QED) is 0.399. The fourth-order valence-electron chi connectivity index (χ4n) is 0.0257. The second kappa shape index (κ2) is 3.55. The van der Waals surface area contributed by atoms with Crippen molar-refractivity contribution in [1.29, 1.82) is 0 Å². The summed E-state index contributed by atoms with van der Waals surface area (Å²) in [5.74, 6) is 0. The van der Waals surface area contributed by atoms with E-state index in [1.807, 2.05) is 22.9 Å². The molecule has 0 radical (unpaired) electrons. The molecule has 0 rings (SSSR count). The van der Waals surface area contributed by atoms with E-state index in [-0.39, 0.29) is 6.04 Å². The van der Waals surface area contributed by atoms with E-state index >= 15 is 0 Å². The van der Waals surface area contributed by atoms with Gasteiger partial charge >= 0.3 is 0 Å². The third-order valence-electron chi connectivity index (χ3n) is 0.376. The summed E-state index contributed by atoms with van der Waals surface area (Å²) < 4.78 is 2.72. The van der Waals surface area contributed by atoms with Gasteiger partial charge in [0.25, 0.3) is 0 Å². The Morgan fingerprint density at radius 1 is 2.00 bits per heavy atom. The monoisotopic (exact) mass is 199 g/mol. The minimum absolute atomic E-state index is 0.00870. The molecule has 0 saturated heterocycles. The van der Waals surface area contributed by atoms with E-state index in [9.17, 15) is 4.79 Å². The molecule has 1 N–H and O–H groups in total. The minimum atomic E-state index is -0.00870. The van der Waals surface area contributed by atoms with Crippen molar-refractivity contribution in [2.45, 2.75) is 13.0 Å². The predicted octanol–water partition coefficient (Wildman–Crippen LogP) is 0.513. The molecule has 36 valence electrons. The van der Waals surface area contributed by atoms with Crippen LogP contribution in [0, 0.1) is 0 Å². The van der Waals surface area contributed by atoms with Gasteiger partial charge in [0, 0.05) is 22.9 Å². The molecule has 0 bridgehead atoms. The standard InChI is InChI=1S/C3H6INO/c1-3(2-6)5-4/h2-3,5H,1H3. The van der Waals surface area contributed by atoms with Crippen LogP contribution in [-0.4, -0.2) is 12.3 Å². The van der Waals surface area contributed by atoms with E-state index in [1.165, 1.54) is 0 Å². The van der Waals surface area contributed by atoms with Gasteiger partial charge in [0.05, 0.1) is 6.04 Å². The number of nitrogens with one attached hydrogen (secondary N) is 1. The van der Waals surface area contributed by atoms with Crippen LogP contribution in [0.25, 0.3) is 0 Å². The lowest BCUT2D eigenvalue weighted by atomic mass is 10.4. The smallest absolute Gasteiger partial charge is 0.137 e. The molecule has 2 nitrogen and oxygen atoms in total. The molecule has 0 aromatic heterocycles. The van der Waals surface area contributed by atoms with Crippen molar-refractivity contribution >= 4 is 29.2 Å². The Kier molecular flexibility index (Phi) is 3.76. The van der Waals surface area contributed by atoms with Crippen molar-refractivity contribution < 1.29 is 4.79 Å². The third-order valence-corrected chi connectivity index (χ3v) is 1.36. The van der Waals surface area contributed by atoms with E-state index in [0.717, 1.165) is 6.29 Å². The molecule has 0 aromatic rings. The lowest BCUT2D eigenvalue weighted by Crippen LogP contribution is -2.15. The fourth-order valence-corrected chi connectivity index (χ4v) is 0.173. The maximum absolute atomic E-state index is 9.67. The summed E-state index contributed by atoms with van der Waals surface area (Å²) in [6.07, 6.45) is 0.854. The molecular formula is C3H6INO. The first kappa shape index (κ1) is 6.36. The molecule has 0 spiro atoms. The van der Waals surface area contributed by atoms with Crippen LogP contribution in [0.3, 0.4) is 0 Å². The van der Waals surface area contributed by atoms with Gasteiger partial charge in [-0.1, -0.05) is 0 Å². The van der Waals surface area contributed by atoms with Crippen molar-refractivity contribution in [2.75, 3.05) is 0 Å². The van der Waals surface area contributed by atoms with Gasteiger partial charge in [-0.25, -0.2) is 0 Å². The molecule has 0 aromatic carbocycles. The maximum atomic E-state index is 9.67. The number of halogens is 1. The van der Waals surface area contributed by atoms with E-state index in [1.54, 1.807) is 6.92 Å². The Balaban J connectivity index is 2.96. The summed E-state index contributed by atoms with van der Waals surface area (Å²) in [6, 6.07) is -0.00870. The number of aldehydes is 1. The van der Waals surface area contributed by atoms with Crippen LogP contribution in [0.5, 0.6) is 0 Å². The van der Waals surface area contributed by atoms with E-state index in [0.29, 0.717) is 0 Å². The number of carbonyl (C=O) groups excluding carboxylic acids is 1. The van der Waals surface area contributed by atoms with Crippen LogP contribution in [0.4, 0.5) is 0 Å². The van der Waals surface area contributed by atoms with Crippen LogP contribution in [0.15, 0.2) is 0 Å². The largest absolute Gasteiger partial charge is 0.302 e. The highest BCUT2D eigenvalue weighted by Crippen LogP contribution is 1.75. The molecular weight excluding hydrogens is 193 g/mol. The van der Waals surface area contributed by atoms with Crippen molar-refractivity contribution in [1.82, 2.24) is 3.53 Å². The average Bonchev–Trinajstić information content (AvgIpc) is 1.65. The first-order valence-electron chi connectivity index (χ1n) is 1.62. The maximum Gasteiger partial charge on any atom is 0.137 e. The summed E-state index contributed by atoms with van der Waals surface area (Å²) in [5.41, 5.74) is 0. The highest BCUT2D eigenvalue weighted by atomic mass is 127. The van der Waals surface area contributed by atoms with Gasteiger partial charge in [-0.15, -0.1) is 0 Å². The summed E-state index contributed by atoms with van der Waals surface area (Å²) in [4.78, 5) is 9.67. The van der Waals surface area contributed by atoms with E-state index < -0.39 is 0 Å². The lowest BCUT2D eigenvalue weighted by Gasteiger charge is -1.91. The summed E-state index contributed by atoms with van der Waals surface area (Å²) >= 11 is 1.93. The first-order valence-corrected chi connectivity index (χ1v) is 2.70. The van der Waals surface area contributed by atoms with Crippen molar-refractivity contribution in [3.05, 3.63) is 0 Å². The number of hydrogen-bond acceptors (Lipinski definition) is 2. The van der Waals surface area contributed by atoms with E-state index in [4.69, 9.17) is 0 Å². The van der Waals surface area contributed by atoms with Gasteiger partial charge in [-0.2, -0.15) is 0 Å². The molecule has 0 heterocycles. The fraction of sp³-hybridized carbons (Fsp3) is 0.667. The summed E-state index contributed by atoms with van der Waals surface area (Å²) in [6.45, 7) is 1.79. The number of carbonyl (C=O) groups is 1. The van der Waals surface area contributed by atoms with Crippen molar-refractivity contribution in [2.24, 2.45) is 0 Å². The molecule has 3 heteroatoms. The average molecular weight is 199 g/mol. The zero-order valence-corrected chi connectivity index (χ0v) is 5.60. The van der Waals surface area contributed by atoms with Gasteiger partial charge in [0.2, 0.25) is 0 Å². The van der Waals surface area contributed by atoms with Gasteiger partial charge in [-0.05, 0) is 6.92 Å². The minimum Gasteiger partial charge on any atom is -0.302 e. The molecule has 6 heavy (non-hydrogen) atoms. The summed E-state index contributed by atoms with van der Waals surface area (Å²) in [7, 11) is 0. The van der Waals surface area contributed by atoms with Gasteiger partial charge in [-0.3, -0.25) is 3.53 Å². The molecule has 1 atom stereocenters. The second-order valence-corrected chi connectivity index (χ2v) is 1.66. The van der Waals surface area contributed by atoms with Gasteiger partial charge < -0.3 is 4.79 Å². The molecule has 0 saturated carbocycles. The normalized spacial score (nSPS) is 13.7. The van der Waals surface area contributed by atoms with Gasteiger partial charge in [0.1, 0.15) is 6.29 Å². The second-order valence-electron chi connectivity index (χ2n) is 1.03. The van der Waals surface area contributed by atoms with E-state index in [2.05, 4.69) is 3.53 Å². The molecule has 0 amide bonds. The van der Waals surface area contributed by atoms with Crippen LogP contribution in [-0.2, 0) is 4.79 Å². The number of hydrogen-bond donors (Lipinski definition) is 1. The molecule has 0 aliphatic rings. The highest BCUT2D eigenvalue weighted by Gasteiger charge is 1.88. The van der Waals surface area contributed by atoms with Gasteiger partial charge in [0.15, 0.2) is 0 Å². The zero-order chi connectivity index (χ0) is 4.99. The predicted molar refractivity (Wildman–Crippen MR) is 32.7 cm³/mol. The van der Waals surface area contributed by atoms with Crippen LogP contribution < -0.4 is 3.53 Å². The van der Waals surface area contributed by atoms with Crippen LogP contribution >= 0.6 is 22.9 Å². The first-order chi connectivity index (χ1) is 2.81. The van der Waals surface area contributed by atoms with Crippen LogP contribution in [0.2, 0.25) is 0 Å². The zero-order valence-electron chi connectivity index (χ0n) is 3.44. The van der Waals surface area contributed by atoms with Crippen molar-refractivity contribution in [3.8, 4) is 0 Å². The molecule has 1 unspecified atom stereocenters. The summed E-state index contributed by atoms with van der Waals surface area (Å²) in [5, 5.41) is 0. The lowest BCUT2D eigenvalue weighted by molar-refractivity contribution is -0.108. The molecule has 0 aliphatic heterocycles. The Hall–Kier alpha value is 0.360. The topological polar surface area (TPSA) is 29.1 Å². The SMILES string of the molecule is CC(C=O)NI. The van der Waals surface area contributed by atoms with Crippen molar-refractivity contribution in [3.63, 3.8) is 0 Å². The third kappa shape index (κ3) is 2.59. The number of rotatable bonds is 2. The Morgan fingerprint density at radius 3 is 2.50 bits per heavy atom. The molecule has 0 aliphatic carbocycles. The Bertz CT molecular complexity index is 48.1. The Labute approximate surface area is 50.8 Å². The van der Waals surface area contributed by atoms with Crippen LogP contribution in [0.1, 0.15) is 6.92 Å². The Morgan fingerprint density at radius 2 is 2.50 bits per heavy atom.